The summed E-state index contributed by atoms with van der Waals surface area (Å²) in [6.45, 7) is -0.280. The first-order valence-electron chi connectivity index (χ1n) is 7.59. The number of rotatable bonds is 8. The van der Waals surface area contributed by atoms with Crippen LogP contribution in [-0.4, -0.2) is 66.7 Å². The quantitative estimate of drug-likeness (QED) is 0.518. The highest BCUT2D eigenvalue weighted by atomic mass is 32.2. The number of methoxy groups -OCH3 is 1. The van der Waals surface area contributed by atoms with Gasteiger partial charge in [-0.15, -0.1) is 11.8 Å². The summed E-state index contributed by atoms with van der Waals surface area (Å²) in [5, 5.41) is 2.18. The Bertz CT molecular complexity index is 709. The molecule has 0 aromatic heterocycles. The van der Waals surface area contributed by atoms with Gasteiger partial charge in [-0.3, -0.25) is 19.3 Å². The summed E-state index contributed by atoms with van der Waals surface area (Å²) in [5.74, 6) is -0.982. The number of ether oxygens (including phenoxy) is 2. The van der Waals surface area contributed by atoms with Gasteiger partial charge in [0.25, 0.3) is 11.1 Å². The number of imide groups is 1. The molecular formula is C16H18N2O6S2. The average molecular weight is 398 g/mol. The van der Waals surface area contributed by atoms with Gasteiger partial charge in [0.05, 0.1) is 12.9 Å². The Labute approximate surface area is 159 Å². The Morgan fingerprint density at radius 1 is 1.35 bits per heavy atom. The lowest BCUT2D eigenvalue weighted by molar-refractivity contribution is -0.126. The first-order valence-corrected chi connectivity index (χ1v) is 9.80. The Hall–Kier alpha value is -2.20. The van der Waals surface area contributed by atoms with Crippen LogP contribution in [0.2, 0.25) is 0 Å². The third-order valence-corrected chi connectivity index (χ3v) is 5.05. The molecule has 1 aliphatic heterocycles. The van der Waals surface area contributed by atoms with Gasteiger partial charge in [-0.05, 0) is 24.5 Å². The second-order valence-electron chi connectivity index (χ2n) is 5.09. The van der Waals surface area contributed by atoms with Gasteiger partial charge in [0.2, 0.25) is 5.91 Å². The van der Waals surface area contributed by atoms with Crippen LogP contribution in [-0.2, 0) is 14.3 Å². The fourth-order valence-electron chi connectivity index (χ4n) is 2.13. The fraction of sp³-hybridized carbons (Fsp3) is 0.375. The monoisotopic (exact) mass is 398 g/mol. The van der Waals surface area contributed by atoms with Crippen LogP contribution >= 0.6 is 23.5 Å². The predicted octanol–water partition coefficient (Wildman–Crippen LogP) is 1.39. The highest BCUT2D eigenvalue weighted by Crippen LogP contribution is 2.25. The molecule has 1 heterocycles. The first-order chi connectivity index (χ1) is 12.5. The number of carbonyl (C=O) groups excluding carboxylic acids is 4. The number of thioether (sulfide) groups is 2. The van der Waals surface area contributed by atoms with E-state index in [4.69, 9.17) is 9.47 Å². The molecular weight excluding hydrogens is 380 g/mol. The Morgan fingerprint density at radius 2 is 2.12 bits per heavy atom. The second kappa shape index (κ2) is 9.48. The molecule has 1 aromatic carbocycles. The summed E-state index contributed by atoms with van der Waals surface area (Å²) in [7, 11) is 1.45. The van der Waals surface area contributed by atoms with E-state index in [1.807, 2.05) is 6.26 Å². The van der Waals surface area contributed by atoms with E-state index < -0.39 is 18.5 Å². The first kappa shape index (κ1) is 20.1. The van der Waals surface area contributed by atoms with E-state index in [1.165, 1.54) is 18.9 Å². The van der Waals surface area contributed by atoms with E-state index in [0.717, 1.165) is 21.6 Å². The van der Waals surface area contributed by atoms with E-state index in [2.05, 4.69) is 5.32 Å². The van der Waals surface area contributed by atoms with Crippen LogP contribution in [0.5, 0.6) is 5.75 Å². The van der Waals surface area contributed by atoms with Crippen LogP contribution in [0.3, 0.4) is 0 Å². The summed E-state index contributed by atoms with van der Waals surface area (Å²) in [5.41, 5.74) is 0.225. The molecule has 140 valence electrons. The van der Waals surface area contributed by atoms with Crippen LogP contribution in [0.15, 0.2) is 23.1 Å². The van der Waals surface area contributed by atoms with Crippen molar-refractivity contribution in [3.05, 3.63) is 23.8 Å². The van der Waals surface area contributed by atoms with Gasteiger partial charge in [0.15, 0.2) is 6.61 Å². The molecule has 0 bridgehead atoms. The summed E-state index contributed by atoms with van der Waals surface area (Å²) < 4.78 is 10.2. The van der Waals surface area contributed by atoms with Crippen molar-refractivity contribution < 1.29 is 28.7 Å². The van der Waals surface area contributed by atoms with Crippen molar-refractivity contribution >= 4 is 46.5 Å². The molecule has 0 unspecified atom stereocenters. The molecule has 10 heteroatoms. The van der Waals surface area contributed by atoms with Crippen LogP contribution < -0.4 is 10.1 Å². The lowest BCUT2D eigenvalue weighted by atomic mass is 10.2. The number of hydrogen-bond acceptors (Lipinski definition) is 8. The van der Waals surface area contributed by atoms with Crippen molar-refractivity contribution in [2.45, 2.75) is 4.90 Å². The van der Waals surface area contributed by atoms with E-state index in [0.29, 0.717) is 5.75 Å². The van der Waals surface area contributed by atoms with Gasteiger partial charge in [0.1, 0.15) is 11.3 Å². The third-order valence-electron chi connectivity index (χ3n) is 3.46. The van der Waals surface area contributed by atoms with Gasteiger partial charge in [-0.2, -0.15) is 0 Å². The van der Waals surface area contributed by atoms with E-state index in [-0.39, 0.29) is 35.6 Å². The van der Waals surface area contributed by atoms with Crippen LogP contribution in [0, 0.1) is 0 Å². The van der Waals surface area contributed by atoms with Gasteiger partial charge in [-0.25, -0.2) is 4.79 Å². The maximum absolute atomic E-state index is 12.1. The van der Waals surface area contributed by atoms with Crippen LogP contribution in [0.25, 0.3) is 0 Å². The number of hydrogen-bond donors (Lipinski definition) is 1. The standard InChI is InChI=1S/C16H18N2O6S2/c1-23-12-7-10(25-2)3-4-11(12)15(21)24-8-13(19)17-5-6-18-14(20)9-26-16(18)22/h3-4,7H,5-6,8-9H2,1-2H3,(H,17,19). The van der Waals surface area contributed by atoms with Gasteiger partial charge < -0.3 is 14.8 Å². The minimum Gasteiger partial charge on any atom is -0.496 e. The molecule has 1 N–H and O–H groups in total. The SMILES string of the molecule is COc1cc(SC)ccc1C(=O)OCC(=O)NCCN1C(=O)CSC1=O. The molecule has 0 atom stereocenters. The van der Waals surface area contributed by atoms with E-state index in [1.54, 1.807) is 18.2 Å². The smallest absolute Gasteiger partial charge is 0.342 e. The zero-order chi connectivity index (χ0) is 19.1. The number of benzene rings is 1. The number of carbonyl (C=O) groups is 4. The highest BCUT2D eigenvalue weighted by Gasteiger charge is 2.29. The molecule has 2 rings (SSSR count). The maximum atomic E-state index is 12.1. The van der Waals surface area contributed by atoms with Crippen LogP contribution in [0.4, 0.5) is 4.79 Å². The Morgan fingerprint density at radius 3 is 2.73 bits per heavy atom. The topological polar surface area (TPSA) is 102 Å². The zero-order valence-corrected chi connectivity index (χ0v) is 15.9. The van der Waals surface area contributed by atoms with Crippen molar-refractivity contribution in [2.24, 2.45) is 0 Å². The molecule has 0 aliphatic carbocycles. The number of nitrogens with one attached hydrogen (secondary N) is 1. The molecule has 0 radical (unpaired) electrons. The Kier molecular flexibility index (Phi) is 7.34. The number of nitrogens with zero attached hydrogens (tertiary/aromatic N) is 1. The van der Waals surface area contributed by atoms with Gasteiger partial charge in [-0.1, -0.05) is 11.8 Å². The summed E-state index contributed by atoms with van der Waals surface area (Å²) >= 11 is 2.44. The summed E-state index contributed by atoms with van der Waals surface area (Å²) in [6.07, 6.45) is 1.90. The van der Waals surface area contributed by atoms with Crippen LogP contribution in [0.1, 0.15) is 10.4 Å². The summed E-state index contributed by atoms with van der Waals surface area (Å²) in [6, 6.07) is 5.04. The zero-order valence-electron chi connectivity index (χ0n) is 14.3. The average Bonchev–Trinajstić information content (AvgIpc) is 2.97. The van der Waals surface area contributed by atoms with Crippen molar-refractivity contribution in [1.29, 1.82) is 0 Å². The lowest BCUT2D eigenvalue weighted by Gasteiger charge is -2.13. The van der Waals surface area contributed by atoms with Crippen molar-refractivity contribution in [3.8, 4) is 5.75 Å². The van der Waals surface area contributed by atoms with Crippen molar-refractivity contribution in [3.63, 3.8) is 0 Å². The molecule has 1 saturated heterocycles. The normalized spacial score (nSPS) is 13.7. The maximum Gasteiger partial charge on any atom is 0.342 e. The highest BCUT2D eigenvalue weighted by molar-refractivity contribution is 8.14. The molecule has 1 fully saturated rings. The van der Waals surface area contributed by atoms with E-state index in [9.17, 15) is 19.2 Å². The second-order valence-corrected chi connectivity index (χ2v) is 6.90. The number of amides is 3. The van der Waals surface area contributed by atoms with Gasteiger partial charge in [0, 0.05) is 18.0 Å². The molecule has 0 saturated carbocycles. The minimum atomic E-state index is -0.675. The van der Waals surface area contributed by atoms with Gasteiger partial charge >= 0.3 is 5.97 Å². The minimum absolute atomic E-state index is 0.0916. The fourth-order valence-corrected chi connectivity index (χ4v) is 3.31. The molecule has 0 spiro atoms. The third kappa shape index (κ3) is 5.15. The number of esters is 1. The van der Waals surface area contributed by atoms with Crippen molar-refractivity contribution in [2.75, 3.05) is 38.8 Å². The van der Waals surface area contributed by atoms with E-state index >= 15 is 0 Å². The largest absolute Gasteiger partial charge is 0.496 e. The molecule has 8 nitrogen and oxygen atoms in total. The summed E-state index contributed by atoms with van der Waals surface area (Å²) in [4.78, 5) is 48.7. The Balaban J connectivity index is 1.79. The predicted molar refractivity (Wildman–Crippen MR) is 97.6 cm³/mol. The molecule has 26 heavy (non-hydrogen) atoms. The molecule has 1 aromatic rings. The molecule has 3 amide bonds. The molecule has 1 aliphatic rings. The lowest BCUT2D eigenvalue weighted by Crippen LogP contribution is -2.38. The van der Waals surface area contributed by atoms with Crippen molar-refractivity contribution in [1.82, 2.24) is 10.2 Å².